The molecule has 122 valence electrons. The van der Waals surface area contributed by atoms with Gasteiger partial charge < -0.3 is 14.4 Å². The van der Waals surface area contributed by atoms with Crippen molar-refractivity contribution in [2.75, 3.05) is 11.7 Å². The summed E-state index contributed by atoms with van der Waals surface area (Å²) in [5, 5.41) is 1.15. The summed E-state index contributed by atoms with van der Waals surface area (Å²) >= 11 is 1.40. The molecular formula is C17H15N3O3S. The average molecular weight is 341 g/mol. The highest BCUT2D eigenvalue weighted by molar-refractivity contribution is 7.21. The first-order valence-corrected chi connectivity index (χ1v) is 8.40. The fourth-order valence-corrected chi connectivity index (χ4v) is 3.75. The van der Waals surface area contributed by atoms with Crippen molar-refractivity contribution < 1.29 is 9.47 Å². The minimum Gasteiger partial charge on any atom is -0.454 e. The molecule has 0 aliphatic carbocycles. The van der Waals surface area contributed by atoms with E-state index in [-0.39, 0.29) is 18.4 Å². The van der Waals surface area contributed by atoms with Crippen molar-refractivity contribution in [2.24, 2.45) is 0 Å². The highest BCUT2D eigenvalue weighted by Crippen LogP contribution is 2.39. The van der Waals surface area contributed by atoms with Crippen LogP contribution in [0.4, 0.5) is 10.8 Å². The van der Waals surface area contributed by atoms with Gasteiger partial charge in [-0.1, -0.05) is 11.3 Å². The van der Waals surface area contributed by atoms with Crippen LogP contribution in [-0.4, -0.2) is 22.8 Å². The second-order valence-electron chi connectivity index (χ2n) is 5.66. The summed E-state index contributed by atoms with van der Waals surface area (Å²) in [5.41, 5.74) is 0.630. The Kier molecular flexibility index (Phi) is 3.57. The number of hydrogen-bond acceptors (Lipinski definition) is 7. The van der Waals surface area contributed by atoms with Crippen LogP contribution in [0.15, 0.2) is 41.3 Å². The Morgan fingerprint density at radius 1 is 1.21 bits per heavy atom. The van der Waals surface area contributed by atoms with E-state index in [0.29, 0.717) is 21.1 Å². The Bertz CT molecular complexity index is 971. The van der Waals surface area contributed by atoms with Gasteiger partial charge in [-0.15, -0.1) is 0 Å². The summed E-state index contributed by atoms with van der Waals surface area (Å²) in [7, 11) is 0. The molecule has 24 heavy (non-hydrogen) atoms. The molecule has 1 aliphatic rings. The zero-order valence-corrected chi connectivity index (χ0v) is 14.0. The third-order valence-electron chi connectivity index (χ3n) is 3.74. The van der Waals surface area contributed by atoms with Crippen molar-refractivity contribution >= 4 is 32.4 Å². The van der Waals surface area contributed by atoms with Crippen molar-refractivity contribution in [3.8, 4) is 11.5 Å². The molecule has 1 aromatic carbocycles. The number of anilines is 2. The SMILES string of the molecule is CC(C)N(c1ccc2c(c1)OCO2)c1nc(=O)c2cccnc2s1. The fraction of sp³-hybridized carbons (Fsp3) is 0.235. The number of fused-ring (bicyclic) bond motifs is 2. The average Bonchev–Trinajstić information content (AvgIpc) is 3.02. The maximum Gasteiger partial charge on any atom is 0.282 e. The number of ether oxygens (including phenoxy) is 2. The minimum atomic E-state index is -0.266. The van der Waals surface area contributed by atoms with Gasteiger partial charge in [0.2, 0.25) is 6.79 Å². The first-order chi connectivity index (χ1) is 11.6. The summed E-state index contributed by atoms with van der Waals surface area (Å²) < 4.78 is 10.8. The van der Waals surface area contributed by atoms with Crippen molar-refractivity contribution in [1.29, 1.82) is 0 Å². The van der Waals surface area contributed by atoms with Gasteiger partial charge in [0.15, 0.2) is 16.6 Å². The largest absolute Gasteiger partial charge is 0.454 e. The Morgan fingerprint density at radius 3 is 2.88 bits per heavy atom. The molecule has 0 radical (unpaired) electrons. The highest BCUT2D eigenvalue weighted by Gasteiger charge is 2.21. The number of nitrogens with zero attached hydrogens (tertiary/aromatic N) is 3. The molecule has 0 saturated carbocycles. The smallest absolute Gasteiger partial charge is 0.282 e. The fourth-order valence-electron chi connectivity index (χ4n) is 2.66. The van der Waals surface area contributed by atoms with E-state index < -0.39 is 0 Å². The molecule has 0 atom stereocenters. The Balaban J connectivity index is 1.86. The molecule has 0 fully saturated rings. The zero-order valence-electron chi connectivity index (χ0n) is 13.2. The standard InChI is InChI=1S/C17H15N3O3S/c1-10(2)20(11-5-6-13-14(8-11)23-9-22-13)17-19-15(21)12-4-3-7-18-16(12)24-17/h3-8,10H,9H2,1-2H3. The summed E-state index contributed by atoms with van der Waals surface area (Å²) in [6.07, 6.45) is 1.68. The monoisotopic (exact) mass is 341 g/mol. The van der Waals surface area contributed by atoms with Crippen molar-refractivity contribution in [2.45, 2.75) is 19.9 Å². The maximum atomic E-state index is 12.3. The van der Waals surface area contributed by atoms with Gasteiger partial charge in [-0.05, 0) is 38.1 Å². The van der Waals surface area contributed by atoms with Gasteiger partial charge in [-0.25, -0.2) is 4.98 Å². The molecule has 7 heteroatoms. The number of pyridine rings is 1. The van der Waals surface area contributed by atoms with Crippen molar-refractivity contribution in [3.05, 3.63) is 46.9 Å². The molecule has 0 saturated heterocycles. The van der Waals surface area contributed by atoms with Crippen molar-refractivity contribution in [3.63, 3.8) is 0 Å². The minimum absolute atomic E-state index is 0.106. The van der Waals surface area contributed by atoms with E-state index >= 15 is 0 Å². The Labute approximate surface area is 142 Å². The van der Waals surface area contributed by atoms with Crippen LogP contribution in [0, 0.1) is 0 Å². The summed E-state index contributed by atoms with van der Waals surface area (Å²) in [6.45, 7) is 4.32. The molecule has 2 aromatic heterocycles. The molecule has 3 aromatic rings. The second-order valence-corrected chi connectivity index (χ2v) is 6.61. The molecule has 3 heterocycles. The predicted octanol–water partition coefficient (Wildman–Crippen LogP) is 3.33. The topological polar surface area (TPSA) is 64.6 Å². The van der Waals surface area contributed by atoms with Crippen LogP contribution >= 0.6 is 11.3 Å². The van der Waals surface area contributed by atoms with Crippen LogP contribution in [0.5, 0.6) is 11.5 Å². The third-order valence-corrected chi connectivity index (χ3v) is 4.73. The van der Waals surface area contributed by atoms with Gasteiger partial charge in [0.1, 0.15) is 4.83 Å². The van der Waals surface area contributed by atoms with Gasteiger partial charge >= 0.3 is 0 Å². The summed E-state index contributed by atoms with van der Waals surface area (Å²) in [6, 6.07) is 9.32. The molecule has 0 amide bonds. The molecule has 1 aliphatic heterocycles. The lowest BCUT2D eigenvalue weighted by atomic mass is 10.2. The predicted molar refractivity (Wildman–Crippen MR) is 93.5 cm³/mol. The van der Waals surface area contributed by atoms with Crippen LogP contribution in [-0.2, 0) is 0 Å². The maximum absolute atomic E-state index is 12.3. The normalized spacial score (nSPS) is 12.8. The van der Waals surface area contributed by atoms with Gasteiger partial charge in [0, 0.05) is 24.0 Å². The van der Waals surface area contributed by atoms with Gasteiger partial charge in [-0.3, -0.25) is 4.79 Å². The first-order valence-electron chi connectivity index (χ1n) is 7.58. The van der Waals surface area contributed by atoms with E-state index in [2.05, 4.69) is 9.97 Å². The first kappa shape index (κ1) is 14.9. The summed E-state index contributed by atoms with van der Waals surface area (Å²) in [4.78, 5) is 23.6. The lowest BCUT2D eigenvalue weighted by Gasteiger charge is -2.27. The second kappa shape index (κ2) is 5.76. The number of hydrogen-bond donors (Lipinski definition) is 0. The Morgan fingerprint density at radius 2 is 2.04 bits per heavy atom. The quantitative estimate of drug-likeness (QED) is 0.728. The van der Waals surface area contributed by atoms with Crippen LogP contribution < -0.4 is 19.9 Å². The zero-order chi connectivity index (χ0) is 16.7. The number of rotatable bonds is 3. The van der Waals surface area contributed by atoms with E-state index in [1.165, 1.54) is 11.3 Å². The van der Waals surface area contributed by atoms with Gasteiger partial charge in [-0.2, -0.15) is 4.98 Å². The molecular weight excluding hydrogens is 326 g/mol. The lowest BCUT2D eigenvalue weighted by molar-refractivity contribution is 0.174. The highest BCUT2D eigenvalue weighted by atomic mass is 32.1. The van der Waals surface area contributed by atoms with Gasteiger partial charge in [0.25, 0.3) is 5.56 Å². The van der Waals surface area contributed by atoms with Crippen LogP contribution in [0.3, 0.4) is 0 Å². The third kappa shape index (κ3) is 2.46. The summed E-state index contributed by atoms with van der Waals surface area (Å²) in [5.74, 6) is 1.42. The van der Waals surface area contributed by atoms with Crippen LogP contribution in [0.2, 0.25) is 0 Å². The lowest BCUT2D eigenvalue weighted by Crippen LogP contribution is -2.27. The van der Waals surface area contributed by atoms with E-state index in [0.717, 1.165) is 11.4 Å². The van der Waals surface area contributed by atoms with E-state index in [4.69, 9.17) is 9.47 Å². The molecule has 0 unspecified atom stereocenters. The van der Waals surface area contributed by atoms with Gasteiger partial charge in [0.05, 0.1) is 5.39 Å². The van der Waals surface area contributed by atoms with E-state index in [1.54, 1.807) is 18.3 Å². The number of benzene rings is 1. The molecule has 4 rings (SSSR count). The van der Waals surface area contributed by atoms with Crippen LogP contribution in [0.1, 0.15) is 13.8 Å². The molecule has 0 bridgehead atoms. The van der Waals surface area contributed by atoms with Crippen molar-refractivity contribution in [1.82, 2.24) is 9.97 Å². The van der Waals surface area contributed by atoms with Crippen LogP contribution in [0.25, 0.3) is 10.2 Å². The molecule has 0 N–H and O–H groups in total. The van der Waals surface area contributed by atoms with E-state index in [1.807, 2.05) is 36.9 Å². The number of aromatic nitrogens is 2. The van der Waals surface area contributed by atoms with E-state index in [9.17, 15) is 4.79 Å². The Hall–Kier alpha value is -2.67. The molecule has 0 spiro atoms. The molecule has 6 nitrogen and oxygen atoms in total.